The van der Waals surface area contributed by atoms with Gasteiger partial charge in [-0.15, -0.1) is 0 Å². The summed E-state index contributed by atoms with van der Waals surface area (Å²) in [6.45, 7) is 0. The highest BCUT2D eigenvalue weighted by molar-refractivity contribution is 6.03. The minimum absolute atomic E-state index is 0.114. The minimum atomic E-state index is -4.49. The average molecular weight is 493 g/mol. The van der Waals surface area contributed by atoms with Gasteiger partial charge < -0.3 is 9.52 Å². The normalized spacial score (nSPS) is 20.4. The van der Waals surface area contributed by atoms with Crippen LogP contribution in [0, 0.1) is 0 Å². The third kappa shape index (κ3) is 3.68. The number of pyridine rings is 2. The lowest BCUT2D eigenvalue weighted by atomic mass is 9.75. The maximum Gasteiger partial charge on any atom is 0.416 e. The summed E-state index contributed by atoms with van der Waals surface area (Å²) in [4.78, 5) is 27.6. The molecule has 2 amide bonds. The number of nitrogens with one attached hydrogen (secondary N) is 1. The molecule has 3 aromatic heterocycles. The highest BCUT2D eigenvalue weighted by atomic mass is 19.4. The van der Waals surface area contributed by atoms with Crippen LogP contribution in [0.15, 0.2) is 71.6 Å². The van der Waals surface area contributed by atoms with Gasteiger partial charge in [-0.2, -0.15) is 13.2 Å². The first kappa shape index (κ1) is 22.2. The molecule has 0 bridgehead atoms. The molecule has 1 saturated carbocycles. The molecule has 2 unspecified atom stereocenters. The van der Waals surface area contributed by atoms with Crippen molar-refractivity contribution in [2.45, 2.75) is 30.7 Å². The van der Waals surface area contributed by atoms with E-state index in [0.29, 0.717) is 29.4 Å². The summed E-state index contributed by atoms with van der Waals surface area (Å²) >= 11 is 0. The van der Waals surface area contributed by atoms with Crippen molar-refractivity contribution in [3.05, 3.63) is 78.3 Å². The fourth-order valence-electron chi connectivity index (χ4n) is 4.76. The molecule has 0 spiro atoms. The van der Waals surface area contributed by atoms with E-state index < -0.39 is 29.9 Å². The number of carbonyl (C=O) groups is 1. The molecule has 1 aliphatic heterocycles. The summed E-state index contributed by atoms with van der Waals surface area (Å²) in [6.07, 6.45) is -2.00. The smallest absolute Gasteiger partial charge is 0.416 e. The predicted octanol–water partition coefficient (Wildman–Crippen LogP) is 5.09. The zero-order chi connectivity index (χ0) is 25.0. The van der Waals surface area contributed by atoms with Gasteiger partial charge in [0.05, 0.1) is 29.6 Å². The van der Waals surface area contributed by atoms with Crippen LogP contribution in [0.2, 0.25) is 0 Å². The predicted molar refractivity (Wildman–Crippen MR) is 123 cm³/mol. The molecular weight excluding hydrogens is 475 g/mol. The van der Waals surface area contributed by atoms with Crippen molar-refractivity contribution in [2.24, 2.45) is 0 Å². The molecule has 3 atom stereocenters. The summed E-state index contributed by atoms with van der Waals surface area (Å²) in [5.74, 6) is 0.874. The fraction of sp³-hybridized carbons (Fsp3) is 0.200. The monoisotopic (exact) mass is 493 g/mol. The molecule has 36 heavy (non-hydrogen) atoms. The van der Waals surface area contributed by atoms with Crippen LogP contribution in [-0.4, -0.2) is 38.2 Å². The van der Waals surface area contributed by atoms with E-state index in [1.54, 1.807) is 30.3 Å². The van der Waals surface area contributed by atoms with Crippen molar-refractivity contribution in [3.8, 4) is 22.7 Å². The molecular formula is C25H18F3N5O3. The molecule has 0 radical (unpaired) electrons. The van der Waals surface area contributed by atoms with Crippen molar-refractivity contribution >= 4 is 17.7 Å². The lowest BCUT2D eigenvalue weighted by molar-refractivity contribution is -0.137. The Bertz CT molecular complexity index is 1460. The van der Waals surface area contributed by atoms with E-state index in [2.05, 4.69) is 20.3 Å². The average Bonchev–Trinajstić information content (AvgIpc) is 3.48. The second-order valence-electron chi connectivity index (χ2n) is 8.66. The van der Waals surface area contributed by atoms with Crippen LogP contribution in [0.25, 0.3) is 22.7 Å². The molecule has 2 aliphatic rings. The van der Waals surface area contributed by atoms with Crippen molar-refractivity contribution in [3.63, 3.8) is 0 Å². The van der Waals surface area contributed by atoms with Crippen LogP contribution in [-0.2, 0) is 6.18 Å². The second kappa shape index (κ2) is 8.16. The Morgan fingerprint density at radius 2 is 1.92 bits per heavy atom. The van der Waals surface area contributed by atoms with Crippen LogP contribution in [0.5, 0.6) is 0 Å². The van der Waals surface area contributed by atoms with Gasteiger partial charge in [0.1, 0.15) is 17.3 Å². The number of alkyl halides is 3. The number of aliphatic hydroxyl groups is 1. The van der Waals surface area contributed by atoms with Crippen molar-refractivity contribution in [1.82, 2.24) is 15.0 Å². The molecule has 1 aliphatic carbocycles. The van der Waals surface area contributed by atoms with Gasteiger partial charge in [0.25, 0.3) is 0 Å². The van der Waals surface area contributed by atoms with E-state index in [1.165, 1.54) is 29.6 Å². The standard InChI is InChI=1S/C25H18F3N5O3/c26-25(27,28)14-4-1-3-13(9-14)17-8-7-15-16-10-19(34)22(16)33(23(15)31-17)24(35)32-21-6-2-5-18(30-21)20-11-29-12-36-20/h1-9,11-12,16,19,22,34H,10H2,(H,30,32,35)/t16?,19-,22?/m1/s1. The van der Waals surface area contributed by atoms with E-state index in [1.807, 2.05) is 0 Å². The van der Waals surface area contributed by atoms with Gasteiger partial charge in [0.2, 0.25) is 0 Å². The minimum Gasteiger partial charge on any atom is -0.442 e. The summed E-state index contributed by atoms with van der Waals surface area (Å²) in [6, 6.07) is 12.2. The number of fused-ring (bicyclic) bond motifs is 3. The van der Waals surface area contributed by atoms with E-state index in [9.17, 15) is 23.1 Å². The van der Waals surface area contributed by atoms with Gasteiger partial charge in [0, 0.05) is 17.0 Å². The molecule has 4 heterocycles. The number of nitrogens with zero attached hydrogens (tertiary/aromatic N) is 4. The van der Waals surface area contributed by atoms with E-state index in [0.717, 1.165) is 17.7 Å². The quantitative estimate of drug-likeness (QED) is 0.412. The molecule has 6 rings (SSSR count). The number of hydrogen-bond donors (Lipinski definition) is 2. The topological polar surface area (TPSA) is 104 Å². The van der Waals surface area contributed by atoms with Crippen molar-refractivity contribution < 1.29 is 27.5 Å². The Balaban J connectivity index is 1.34. The van der Waals surface area contributed by atoms with Gasteiger partial charge in [-0.1, -0.05) is 24.3 Å². The first-order valence-electron chi connectivity index (χ1n) is 11.1. The third-order valence-corrected chi connectivity index (χ3v) is 6.51. The van der Waals surface area contributed by atoms with Crippen LogP contribution in [0.1, 0.15) is 23.5 Å². The number of rotatable bonds is 3. The first-order chi connectivity index (χ1) is 17.3. The highest BCUT2D eigenvalue weighted by Gasteiger charge is 2.54. The maximum atomic E-state index is 13.4. The number of oxazole rings is 1. The van der Waals surface area contributed by atoms with Gasteiger partial charge in [-0.05, 0) is 36.8 Å². The van der Waals surface area contributed by atoms with Gasteiger partial charge in [-0.3, -0.25) is 10.2 Å². The van der Waals surface area contributed by atoms with Crippen molar-refractivity contribution in [2.75, 3.05) is 10.2 Å². The Hall–Kier alpha value is -4.25. The van der Waals surface area contributed by atoms with Gasteiger partial charge in [0.15, 0.2) is 12.2 Å². The first-order valence-corrected chi connectivity index (χ1v) is 11.1. The van der Waals surface area contributed by atoms with Crippen LogP contribution >= 0.6 is 0 Å². The third-order valence-electron chi connectivity index (χ3n) is 6.51. The number of hydrogen-bond acceptors (Lipinski definition) is 6. The summed E-state index contributed by atoms with van der Waals surface area (Å²) in [5.41, 5.74) is 1.01. The Morgan fingerprint density at radius 1 is 1.08 bits per heavy atom. The molecule has 8 nitrogen and oxygen atoms in total. The van der Waals surface area contributed by atoms with E-state index in [-0.39, 0.29) is 17.3 Å². The van der Waals surface area contributed by atoms with Crippen LogP contribution in [0.3, 0.4) is 0 Å². The number of amides is 2. The van der Waals surface area contributed by atoms with Gasteiger partial charge >= 0.3 is 12.2 Å². The van der Waals surface area contributed by atoms with E-state index >= 15 is 0 Å². The molecule has 182 valence electrons. The Labute approximate surface area is 202 Å². The van der Waals surface area contributed by atoms with Gasteiger partial charge in [-0.25, -0.2) is 19.7 Å². The Kier molecular flexibility index (Phi) is 5.04. The lowest BCUT2D eigenvalue weighted by Gasteiger charge is -2.40. The Morgan fingerprint density at radius 3 is 2.67 bits per heavy atom. The van der Waals surface area contributed by atoms with Crippen LogP contribution in [0.4, 0.5) is 29.6 Å². The zero-order valence-corrected chi connectivity index (χ0v) is 18.5. The lowest BCUT2D eigenvalue weighted by Crippen LogP contribution is -2.55. The summed E-state index contributed by atoms with van der Waals surface area (Å²) in [5, 5.41) is 13.2. The fourth-order valence-corrected chi connectivity index (χ4v) is 4.76. The zero-order valence-electron chi connectivity index (χ0n) is 18.5. The second-order valence-corrected chi connectivity index (χ2v) is 8.66. The molecule has 0 saturated heterocycles. The molecule has 11 heteroatoms. The highest BCUT2D eigenvalue weighted by Crippen LogP contribution is 2.51. The summed E-state index contributed by atoms with van der Waals surface area (Å²) < 4.78 is 44.9. The molecule has 2 N–H and O–H groups in total. The summed E-state index contributed by atoms with van der Waals surface area (Å²) in [7, 11) is 0. The SMILES string of the molecule is O=C(Nc1cccc(-c2cnco2)n1)N1c2nc(-c3cccc(C(F)(F)F)c3)ccc2C2C[C@@H](O)C21. The number of carbonyl (C=O) groups excluding carboxylic acids is 1. The van der Waals surface area contributed by atoms with Crippen LogP contribution < -0.4 is 10.2 Å². The number of halogens is 3. The molecule has 1 aromatic carbocycles. The maximum absolute atomic E-state index is 13.4. The number of benzene rings is 1. The number of urea groups is 1. The van der Waals surface area contributed by atoms with Crippen molar-refractivity contribution in [1.29, 1.82) is 0 Å². The number of aliphatic hydroxyl groups excluding tert-OH is 1. The number of aromatic nitrogens is 3. The number of anilines is 2. The largest absolute Gasteiger partial charge is 0.442 e. The molecule has 4 aromatic rings. The van der Waals surface area contributed by atoms with E-state index in [4.69, 9.17) is 4.42 Å². The molecule has 1 fully saturated rings.